The van der Waals surface area contributed by atoms with E-state index in [9.17, 15) is 8.78 Å². The molecule has 0 fully saturated rings. The summed E-state index contributed by atoms with van der Waals surface area (Å²) in [6.07, 6.45) is 0.677. The van der Waals surface area contributed by atoms with Gasteiger partial charge in [-0.15, -0.1) is 11.6 Å². The zero-order valence-corrected chi connectivity index (χ0v) is 12.5. The van der Waals surface area contributed by atoms with E-state index in [1.54, 1.807) is 18.2 Å². The Balaban J connectivity index is 2.68. The van der Waals surface area contributed by atoms with Gasteiger partial charge in [-0.3, -0.25) is 0 Å². The molecule has 1 unspecified atom stereocenters. The Morgan fingerprint density at radius 2 is 1.74 bits per heavy atom. The molecule has 1 aromatic rings. The topological polar surface area (TPSA) is 12.0 Å². The Bertz CT molecular complexity index is 373. The molecule has 0 aliphatic heterocycles. The first-order valence-corrected chi connectivity index (χ1v) is 7.03. The standard InChI is InChI=1S/C15H22ClF2N/c1-14(2,3)13(9-10-16)19-11-15(17,18)12-7-5-4-6-8-12/h4-8,13,19H,9-11H2,1-3H3. The summed E-state index contributed by atoms with van der Waals surface area (Å²) in [6, 6.07) is 7.87. The van der Waals surface area contributed by atoms with Crippen LogP contribution in [0.3, 0.4) is 0 Å². The van der Waals surface area contributed by atoms with Crippen LogP contribution in [0.1, 0.15) is 32.8 Å². The minimum absolute atomic E-state index is 0.0282. The van der Waals surface area contributed by atoms with E-state index in [1.807, 2.05) is 20.8 Å². The monoisotopic (exact) mass is 289 g/mol. The molecule has 1 aromatic carbocycles. The Hall–Kier alpha value is -0.670. The number of rotatable bonds is 6. The lowest BCUT2D eigenvalue weighted by atomic mass is 9.85. The fraction of sp³-hybridized carbons (Fsp3) is 0.600. The third-order valence-corrected chi connectivity index (χ3v) is 3.43. The van der Waals surface area contributed by atoms with Crippen LogP contribution < -0.4 is 5.32 Å². The molecule has 0 spiro atoms. The van der Waals surface area contributed by atoms with Crippen LogP contribution in [-0.2, 0) is 5.92 Å². The van der Waals surface area contributed by atoms with Crippen molar-refractivity contribution in [2.75, 3.05) is 12.4 Å². The van der Waals surface area contributed by atoms with Crippen LogP contribution >= 0.6 is 11.6 Å². The molecule has 108 valence electrons. The minimum atomic E-state index is -2.86. The van der Waals surface area contributed by atoms with Gasteiger partial charge in [0.15, 0.2) is 0 Å². The average molecular weight is 290 g/mol. The van der Waals surface area contributed by atoms with Gasteiger partial charge in [0.25, 0.3) is 5.92 Å². The Kier molecular flexibility index (Phi) is 5.75. The molecule has 4 heteroatoms. The first-order chi connectivity index (χ1) is 8.77. The second kappa shape index (κ2) is 6.67. The van der Waals surface area contributed by atoms with Crippen molar-refractivity contribution < 1.29 is 8.78 Å². The molecule has 1 atom stereocenters. The van der Waals surface area contributed by atoms with Gasteiger partial charge in [0.1, 0.15) is 0 Å². The van der Waals surface area contributed by atoms with E-state index < -0.39 is 5.92 Å². The molecule has 0 bridgehead atoms. The predicted molar refractivity (Wildman–Crippen MR) is 76.9 cm³/mol. The van der Waals surface area contributed by atoms with Crippen LogP contribution in [-0.4, -0.2) is 18.5 Å². The SMILES string of the molecule is CC(C)(C)C(CCCl)NCC(F)(F)c1ccccc1. The smallest absolute Gasteiger partial charge is 0.285 e. The van der Waals surface area contributed by atoms with Crippen LogP contribution in [0, 0.1) is 5.41 Å². The van der Waals surface area contributed by atoms with Gasteiger partial charge in [-0.2, -0.15) is 8.78 Å². The molecule has 0 saturated heterocycles. The summed E-state index contributed by atoms with van der Waals surface area (Å²) in [6.45, 7) is 5.71. The molecule has 1 nitrogen and oxygen atoms in total. The number of alkyl halides is 3. The summed E-state index contributed by atoms with van der Waals surface area (Å²) in [7, 11) is 0. The van der Waals surface area contributed by atoms with Crippen LogP contribution in [0.25, 0.3) is 0 Å². The maximum atomic E-state index is 14.0. The van der Waals surface area contributed by atoms with Gasteiger partial charge in [-0.05, 0) is 11.8 Å². The van der Waals surface area contributed by atoms with Crippen molar-refractivity contribution in [2.45, 2.75) is 39.2 Å². The number of benzene rings is 1. The zero-order chi connectivity index (χ0) is 14.5. The summed E-state index contributed by atoms with van der Waals surface area (Å²) in [5.41, 5.74) is -0.0530. The fourth-order valence-corrected chi connectivity index (χ4v) is 2.20. The third-order valence-electron chi connectivity index (χ3n) is 3.21. The summed E-state index contributed by atoms with van der Waals surface area (Å²) >= 11 is 5.74. The molecule has 0 amide bonds. The summed E-state index contributed by atoms with van der Waals surface area (Å²) in [5.74, 6) is -2.40. The van der Waals surface area contributed by atoms with E-state index in [-0.39, 0.29) is 23.6 Å². The van der Waals surface area contributed by atoms with Crippen molar-refractivity contribution in [3.63, 3.8) is 0 Å². The molecule has 0 aliphatic carbocycles. The number of nitrogens with one attached hydrogen (secondary N) is 1. The van der Waals surface area contributed by atoms with Crippen LogP contribution in [0.4, 0.5) is 8.78 Å². The van der Waals surface area contributed by atoms with Crippen molar-refractivity contribution >= 4 is 11.6 Å². The molecule has 0 saturated carbocycles. The van der Waals surface area contributed by atoms with E-state index in [1.165, 1.54) is 12.1 Å². The van der Waals surface area contributed by atoms with Gasteiger partial charge < -0.3 is 5.32 Å². The lowest BCUT2D eigenvalue weighted by Gasteiger charge is -2.32. The molecule has 1 N–H and O–H groups in total. The van der Waals surface area contributed by atoms with E-state index in [4.69, 9.17) is 11.6 Å². The molecule has 19 heavy (non-hydrogen) atoms. The van der Waals surface area contributed by atoms with Gasteiger partial charge in [-0.1, -0.05) is 51.1 Å². The second-order valence-electron chi connectivity index (χ2n) is 5.85. The summed E-state index contributed by atoms with van der Waals surface area (Å²) in [5, 5.41) is 2.96. The van der Waals surface area contributed by atoms with Crippen molar-refractivity contribution in [3.8, 4) is 0 Å². The van der Waals surface area contributed by atoms with Crippen molar-refractivity contribution in [3.05, 3.63) is 35.9 Å². The lowest BCUT2D eigenvalue weighted by molar-refractivity contribution is -0.00948. The number of hydrogen-bond donors (Lipinski definition) is 1. The molecular weight excluding hydrogens is 268 g/mol. The fourth-order valence-electron chi connectivity index (χ4n) is 1.99. The lowest BCUT2D eigenvalue weighted by Crippen LogP contribution is -2.45. The highest BCUT2D eigenvalue weighted by atomic mass is 35.5. The van der Waals surface area contributed by atoms with Crippen LogP contribution in [0.5, 0.6) is 0 Å². The van der Waals surface area contributed by atoms with Gasteiger partial charge in [0.05, 0.1) is 6.54 Å². The first kappa shape index (κ1) is 16.4. The van der Waals surface area contributed by atoms with E-state index >= 15 is 0 Å². The summed E-state index contributed by atoms with van der Waals surface area (Å²) < 4.78 is 28.1. The zero-order valence-electron chi connectivity index (χ0n) is 11.7. The van der Waals surface area contributed by atoms with E-state index in [2.05, 4.69) is 5.32 Å². The highest BCUT2D eigenvalue weighted by molar-refractivity contribution is 6.17. The average Bonchev–Trinajstić information content (AvgIpc) is 2.34. The Morgan fingerprint density at radius 3 is 2.21 bits per heavy atom. The molecule has 0 aromatic heterocycles. The maximum Gasteiger partial charge on any atom is 0.285 e. The van der Waals surface area contributed by atoms with Gasteiger partial charge in [0, 0.05) is 17.5 Å². The minimum Gasteiger partial charge on any atom is -0.308 e. The van der Waals surface area contributed by atoms with E-state index in [0.717, 1.165) is 0 Å². The predicted octanol–water partition coefficient (Wildman–Crippen LogP) is 4.41. The number of hydrogen-bond acceptors (Lipinski definition) is 1. The molecular formula is C15H22ClF2N. The molecule has 1 rings (SSSR count). The van der Waals surface area contributed by atoms with Gasteiger partial charge >= 0.3 is 0 Å². The van der Waals surface area contributed by atoms with Crippen molar-refractivity contribution in [2.24, 2.45) is 5.41 Å². The summed E-state index contributed by atoms with van der Waals surface area (Å²) in [4.78, 5) is 0. The Labute approximate surface area is 119 Å². The van der Waals surface area contributed by atoms with Gasteiger partial charge in [-0.25, -0.2) is 0 Å². The first-order valence-electron chi connectivity index (χ1n) is 6.50. The van der Waals surface area contributed by atoms with Crippen molar-refractivity contribution in [1.82, 2.24) is 5.32 Å². The maximum absolute atomic E-state index is 14.0. The normalized spacial score (nSPS) is 14.4. The van der Waals surface area contributed by atoms with Crippen LogP contribution in [0.15, 0.2) is 30.3 Å². The molecule has 0 heterocycles. The second-order valence-corrected chi connectivity index (χ2v) is 6.23. The number of halogens is 3. The van der Waals surface area contributed by atoms with Gasteiger partial charge in [0.2, 0.25) is 0 Å². The highest BCUT2D eigenvalue weighted by Crippen LogP contribution is 2.29. The molecule has 0 aliphatic rings. The van der Waals surface area contributed by atoms with Crippen molar-refractivity contribution in [1.29, 1.82) is 0 Å². The largest absolute Gasteiger partial charge is 0.308 e. The molecule has 0 radical (unpaired) electrons. The quantitative estimate of drug-likeness (QED) is 0.765. The van der Waals surface area contributed by atoms with Crippen LogP contribution in [0.2, 0.25) is 0 Å². The van der Waals surface area contributed by atoms with E-state index in [0.29, 0.717) is 12.3 Å². The highest BCUT2D eigenvalue weighted by Gasteiger charge is 2.33. The third kappa shape index (κ3) is 5.07. The Morgan fingerprint density at radius 1 is 1.16 bits per heavy atom.